The molecule has 0 aliphatic carbocycles. The standard InChI is InChI=1S/C28H22BrN3O5/c1-36-22-12-9-19(10-13-22)28(35)37-25-14-11-18-5-2-3-8-23(18)24(25)16-31-32-26(33)17-30-27(34)20-6-4-7-21(29)15-20/h2-16H,17H2,1H3,(H,30,34)(H,32,33)/b31-16+. The molecule has 2 N–H and O–H groups in total. The molecule has 2 amide bonds. The highest BCUT2D eigenvalue weighted by Crippen LogP contribution is 2.27. The van der Waals surface area contributed by atoms with Crippen LogP contribution in [0.15, 0.2) is 94.5 Å². The largest absolute Gasteiger partial charge is 0.497 e. The van der Waals surface area contributed by atoms with Crippen molar-refractivity contribution in [2.75, 3.05) is 13.7 Å². The molecule has 0 saturated heterocycles. The summed E-state index contributed by atoms with van der Waals surface area (Å²) in [5.74, 6) is -0.551. The van der Waals surface area contributed by atoms with E-state index in [1.165, 1.54) is 6.21 Å². The third-order valence-electron chi connectivity index (χ3n) is 5.34. The summed E-state index contributed by atoms with van der Waals surface area (Å²) in [4.78, 5) is 37.2. The Labute approximate surface area is 221 Å². The summed E-state index contributed by atoms with van der Waals surface area (Å²) >= 11 is 3.31. The van der Waals surface area contributed by atoms with Gasteiger partial charge in [0.15, 0.2) is 0 Å². The first-order valence-electron chi connectivity index (χ1n) is 11.2. The highest BCUT2D eigenvalue weighted by Gasteiger charge is 2.14. The fourth-order valence-corrected chi connectivity index (χ4v) is 3.88. The molecule has 0 heterocycles. The summed E-state index contributed by atoms with van der Waals surface area (Å²) in [6.07, 6.45) is 1.41. The van der Waals surface area contributed by atoms with Gasteiger partial charge in [-0.2, -0.15) is 5.10 Å². The lowest BCUT2D eigenvalue weighted by Gasteiger charge is -2.11. The number of ether oxygens (including phenoxy) is 2. The van der Waals surface area contributed by atoms with Gasteiger partial charge in [-0.3, -0.25) is 9.59 Å². The topological polar surface area (TPSA) is 106 Å². The number of esters is 1. The Morgan fingerprint density at radius 1 is 0.919 bits per heavy atom. The quantitative estimate of drug-likeness (QED) is 0.141. The summed E-state index contributed by atoms with van der Waals surface area (Å²) in [5.41, 5.74) is 3.68. The number of hydrogen-bond donors (Lipinski definition) is 2. The van der Waals surface area contributed by atoms with E-state index in [1.54, 1.807) is 61.7 Å². The zero-order chi connectivity index (χ0) is 26.2. The molecule has 0 aromatic heterocycles. The highest BCUT2D eigenvalue weighted by molar-refractivity contribution is 9.10. The Hall–Kier alpha value is -4.50. The molecular weight excluding hydrogens is 538 g/mol. The maximum absolute atomic E-state index is 12.8. The maximum atomic E-state index is 12.8. The lowest BCUT2D eigenvalue weighted by atomic mass is 10.0. The second-order valence-electron chi connectivity index (χ2n) is 7.80. The normalized spacial score (nSPS) is 10.8. The van der Waals surface area contributed by atoms with Crippen LogP contribution in [0, 0.1) is 0 Å². The van der Waals surface area contributed by atoms with Crippen LogP contribution in [0.1, 0.15) is 26.3 Å². The third-order valence-corrected chi connectivity index (χ3v) is 5.83. The van der Waals surface area contributed by atoms with Gasteiger partial charge in [-0.05, 0) is 59.3 Å². The first kappa shape index (κ1) is 25.6. The van der Waals surface area contributed by atoms with Gasteiger partial charge in [-0.1, -0.05) is 52.3 Å². The summed E-state index contributed by atoms with van der Waals surface area (Å²) in [7, 11) is 1.54. The van der Waals surface area contributed by atoms with Crippen molar-refractivity contribution in [3.63, 3.8) is 0 Å². The summed E-state index contributed by atoms with van der Waals surface area (Å²) in [6, 6.07) is 24.4. The number of carbonyl (C=O) groups excluding carboxylic acids is 3. The van der Waals surface area contributed by atoms with Crippen molar-refractivity contribution in [3.05, 3.63) is 106 Å². The number of rotatable bonds is 8. The van der Waals surface area contributed by atoms with Crippen molar-refractivity contribution >= 4 is 50.7 Å². The molecule has 4 rings (SSSR count). The molecule has 4 aromatic carbocycles. The molecule has 0 radical (unpaired) electrons. The number of methoxy groups -OCH3 is 1. The first-order chi connectivity index (χ1) is 17.9. The van der Waals surface area contributed by atoms with E-state index in [0.717, 1.165) is 15.2 Å². The number of nitrogens with zero attached hydrogens (tertiary/aromatic N) is 1. The average Bonchev–Trinajstić information content (AvgIpc) is 2.92. The van der Waals surface area contributed by atoms with E-state index in [-0.39, 0.29) is 18.2 Å². The number of amides is 2. The zero-order valence-electron chi connectivity index (χ0n) is 19.7. The van der Waals surface area contributed by atoms with Gasteiger partial charge in [0, 0.05) is 15.6 Å². The van der Waals surface area contributed by atoms with Crippen LogP contribution in [-0.2, 0) is 4.79 Å². The van der Waals surface area contributed by atoms with E-state index < -0.39 is 11.9 Å². The summed E-state index contributed by atoms with van der Waals surface area (Å²) in [5, 5.41) is 8.26. The highest BCUT2D eigenvalue weighted by atomic mass is 79.9. The molecule has 9 heteroatoms. The predicted molar refractivity (Wildman–Crippen MR) is 144 cm³/mol. The van der Waals surface area contributed by atoms with Crippen LogP contribution < -0.4 is 20.2 Å². The number of halogens is 1. The number of hydrogen-bond acceptors (Lipinski definition) is 6. The second kappa shape index (κ2) is 12.0. The van der Waals surface area contributed by atoms with Gasteiger partial charge in [0.05, 0.1) is 25.4 Å². The second-order valence-corrected chi connectivity index (χ2v) is 8.72. The lowest BCUT2D eigenvalue weighted by Crippen LogP contribution is -2.34. The van der Waals surface area contributed by atoms with Crippen molar-refractivity contribution in [2.45, 2.75) is 0 Å². The van der Waals surface area contributed by atoms with Gasteiger partial charge in [0.1, 0.15) is 11.5 Å². The van der Waals surface area contributed by atoms with E-state index in [0.29, 0.717) is 22.4 Å². The van der Waals surface area contributed by atoms with Gasteiger partial charge in [0.25, 0.3) is 11.8 Å². The van der Waals surface area contributed by atoms with E-state index in [2.05, 4.69) is 31.8 Å². The van der Waals surface area contributed by atoms with E-state index in [4.69, 9.17) is 9.47 Å². The smallest absolute Gasteiger partial charge is 0.343 e. The molecule has 37 heavy (non-hydrogen) atoms. The van der Waals surface area contributed by atoms with Gasteiger partial charge in [0.2, 0.25) is 0 Å². The van der Waals surface area contributed by atoms with E-state index >= 15 is 0 Å². The minimum Gasteiger partial charge on any atom is -0.497 e. The van der Waals surface area contributed by atoms with Crippen LogP contribution in [0.5, 0.6) is 11.5 Å². The molecule has 0 aliphatic heterocycles. The monoisotopic (exact) mass is 559 g/mol. The van der Waals surface area contributed by atoms with Gasteiger partial charge in [-0.25, -0.2) is 10.2 Å². The molecule has 0 saturated carbocycles. The van der Waals surface area contributed by atoms with Crippen molar-refractivity contribution in [3.8, 4) is 11.5 Å². The van der Waals surface area contributed by atoms with E-state index in [9.17, 15) is 14.4 Å². The fourth-order valence-electron chi connectivity index (χ4n) is 3.48. The first-order valence-corrected chi connectivity index (χ1v) is 12.0. The van der Waals surface area contributed by atoms with Crippen molar-refractivity contribution in [1.82, 2.24) is 10.7 Å². The van der Waals surface area contributed by atoms with E-state index in [1.807, 2.05) is 30.3 Å². The summed E-state index contributed by atoms with van der Waals surface area (Å²) in [6.45, 7) is -0.266. The van der Waals surface area contributed by atoms with Crippen LogP contribution in [0.3, 0.4) is 0 Å². The maximum Gasteiger partial charge on any atom is 0.343 e. The minimum absolute atomic E-state index is 0.266. The molecule has 0 spiro atoms. The Morgan fingerprint density at radius 3 is 2.46 bits per heavy atom. The molecular formula is C28H22BrN3O5. The molecule has 0 atom stereocenters. The summed E-state index contributed by atoms with van der Waals surface area (Å²) < 4.78 is 11.5. The molecule has 0 aliphatic rings. The SMILES string of the molecule is COc1ccc(C(=O)Oc2ccc3ccccc3c2/C=N/NC(=O)CNC(=O)c2cccc(Br)c2)cc1. The number of fused-ring (bicyclic) bond motifs is 1. The molecule has 0 fully saturated rings. The molecule has 0 unspecified atom stereocenters. The minimum atomic E-state index is -0.549. The van der Waals surface area contributed by atoms with Crippen molar-refractivity contribution in [1.29, 1.82) is 0 Å². The zero-order valence-corrected chi connectivity index (χ0v) is 21.3. The molecule has 186 valence electrons. The Morgan fingerprint density at radius 2 is 1.70 bits per heavy atom. The van der Waals surface area contributed by atoms with Crippen LogP contribution in [-0.4, -0.2) is 37.7 Å². The predicted octanol–water partition coefficient (Wildman–Crippen LogP) is 4.71. The van der Waals surface area contributed by atoms with Crippen molar-refractivity contribution in [2.24, 2.45) is 5.10 Å². The van der Waals surface area contributed by atoms with Crippen LogP contribution in [0.2, 0.25) is 0 Å². The Balaban J connectivity index is 1.47. The average molecular weight is 560 g/mol. The van der Waals surface area contributed by atoms with Crippen LogP contribution in [0.25, 0.3) is 10.8 Å². The third kappa shape index (κ3) is 6.59. The Bertz CT molecular complexity index is 1490. The van der Waals surface area contributed by atoms with Crippen molar-refractivity contribution < 1.29 is 23.9 Å². The molecule has 4 aromatic rings. The van der Waals surface area contributed by atoms with Gasteiger partial charge >= 0.3 is 5.97 Å². The number of carbonyl (C=O) groups is 3. The molecule has 8 nitrogen and oxygen atoms in total. The van der Waals surface area contributed by atoms with Gasteiger partial charge in [-0.15, -0.1) is 0 Å². The van der Waals surface area contributed by atoms with Crippen LogP contribution >= 0.6 is 15.9 Å². The number of benzene rings is 4. The van der Waals surface area contributed by atoms with Crippen LogP contribution in [0.4, 0.5) is 0 Å². The number of nitrogens with one attached hydrogen (secondary N) is 2. The Kier molecular flexibility index (Phi) is 8.27. The lowest BCUT2D eigenvalue weighted by molar-refractivity contribution is -0.120. The molecule has 0 bridgehead atoms. The van der Waals surface area contributed by atoms with Gasteiger partial charge < -0.3 is 14.8 Å². The number of hydrazone groups is 1. The fraction of sp³-hybridized carbons (Fsp3) is 0.0714.